The van der Waals surface area contributed by atoms with Crippen LogP contribution in [-0.2, 0) is 6.54 Å². The van der Waals surface area contributed by atoms with Crippen LogP contribution in [-0.4, -0.2) is 54.2 Å². The van der Waals surface area contributed by atoms with Crippen molar-refractivity contribution in [2.75, 3.05) is 33.3 Å². The van der Waals surface area contributed by atoms with Crippen molar-refractivity contribution in [1.29, 1.82) is 0 Å². The minimum atomic E-state index is -0.479. The summed E-state index contributed by atoms with van der Waals surface area (Å²) in [6.07, 6.45) is 0. The molecule has 29 heavy (non-hydrogen) atoms. The van der Waals surface area contributed by atoms with E-state index in [1.807, 2.05) is 30.3 Å². The molecule has 0 unspecified atom stereocenters. The lowest BCUT2D eigenvalue weighted by Gasteiger charge is -2.34. The van der Waals surface area contributed by atoms with Crippen molar-refractivity contribution in [3.8, 4) is 17.0 Å². The van der Waals surface area contributed by atoms with Crippen LogP contribution in [0, 0.1) is 5.82 Å². The molecule has 4 rings (SSSR count). The van der Waals surface area contributed by atoms with Gasteiger partial charge in [0.05, 0.1) is 19.2 Å². The number of hydrogen-bond donors (Lipinski definition) is 0. The molecule has 0 saturated carbocycles. The average Bonchev–Trinajstić information content (AvgIpc) is 3.23. The number of carbonyl (C=O) groups is 1. The lowest BCUT2D eigenvalue weighted by atomic mass is 10.1. The minimum Gasteiger partial charge on any atom is -0.497 e. The molecule has 2 heterocycles. The van der Waals surface area contributed by atoms with E-state index in [2.05, 4.69) is 10.1 Å². The fourth-order valence-electron chi connectivity index (χ4n) is 3.42. The number of hydrogen-bond acceptors (Lipinski definition) is 5. The minimum absolute atomic E-state index is 0.125. The second kappa shape index (κ2) is 8.45. The Bertz CT molecular complexity index is 979. The molecule has 1 saturated heterocycles. The molecule has 2 aromatic carbocycles. The molecule has 1 aromatic heterocycles. The number of aromatic nitrogens is 1. The highest BCUT2D eigenvalue weighted by Crippen LogP contribution is 2.23. The van der Waals surface area contributed by atoms with Gasteiger partial charge in [0.2, 0.25) is 0 Å². The van der Waals surface area contributed by atoms with Gasteiger partial charge in [0.1, 0.15) is 17.3 Å². The molecular weight excluding hydrogens is 373 g/mol. The molecule has 0 spiro atoms. The van der Waals surface area contributed by atoms with Gasteiger partial charge in [-0.25, -0.2) is 4.39 Å². The smallest absolute Gasteiger partial charge is 0.256 e. The fourth-order valence-corrected chi connectivity index (χ4v) is 3.42. The molecule has 1 amide bonds. The number of amides is 1. The predicted octanol–water partition coefficient (Wildman–Crippen LogP) is 3.45. The third-order valence-electron chi connectivity index (χ3n) is 5.09. The van der Waals surface area contributed by atoms with Gasteiger partial charge in [0.25, 0.3) is 5.91 Å². The van der Waals surface area contributed by atoms with Crippen molar-refractivity contribution >= 4 is 5.91 Å². The molecule has 7 heteroatoms. The summed E-state index contributed by atoms with van der Waals surface area (Å²) < 4.78 is 24.5. The molecule has 6 nitrogen and oxygen atoms in total. The molecule has 0 aliphatic carbocycles. The maximum atomic E-state index is 13.9. The van der Waals surface area contributed by atoms with Crippen LogP contribution in [0.15, 0.2) is 59.1 Å². The second-order valence-electron chi connectivity index (χ2n) is 6.96. The van der Waals surface area contributed by atoms with Crippen LogP contribution in [0.3, 0.4) is 0 Å². The van der Waals surface area contributed by atoms with Crippen molar-refractivity contribution in [3.63, 3.8) is 0 Å². The first kappa shape index (κ1) is 19.1. The maximum Gasteiger partial charge on any atom is 0.256 e. The maximum absolute atomic E-state index is 13.9. The molecule has 150 valence electrons. The van der Waals surface area contributed by atoms with E-state index in [-0.39, 0.29) is 11.5 Å². The Balaban J connectivity index is 1.33. The molecule has 0 atom stereocenters. The van der Waals surface area contributed by atoms with Crippen LogP contribution < -0.4 is 4.74 Å². The number of nitrogens with zero attached hydrogens (tertiary/aromatic N) is 3. The SMILES string of the molecule is COc1ccc(-c2cc(CN3CCN(C(=O)c4ccccc4F)CC3)on2)cc1. The summed E-state index contributed by atoms with van der Waals surface area (Å²) >= 11 is 0. The summed E-state index contributed by atoms with van der Waals surface area (Å²) in [7, 11) is 1.63. The van der Waals surface area contributed by atoms with Crippen LogP contribution in [0.1, 0.15) is 16.1 Å². The Hall–Kier alpha value is -3.19. The van der Waals surface area contributed by atoms with E-state index in [1.165, 1.54) is 12.1 Å². The number of methoxy groups -OCH3 is 1. The van der Waals surface area contributed by atoms with Crippen LogP contribution >= 0.6 is 0 Å². The Labute approximate surface area is 168 Å². The first-order valence-corrected chi connectivity index (χ1v) is 9.50. The van der Waals surface area contributed by atoms with Gasteiger partial charge in [-0.1, -0.05) is 17.3 Å². The van der Waals surface area contributed by atoms with Gasteiger partial charge >= 0.3 is 0 Å². The van der Waals surface area contributed by atoms with Gasteiger partial charge in [-0.3, -0.25) is 9.69 Å². The molecule has 0 bridgehead atoms. The number of benzene rings is 2. The quantitative estimate of drug-likeness (QED) is 0.662. The summed E-state index contributed by atoms with van der Waals surface area (Å²) in [5, 5.41) is 4.15. The average molecular weight is 395 g/mol. The number of carbonyl (C=O) groups excluding carboxylic acids is 1. The molecule has 3 aromatic rings. The van der Waals surface area contributed by atoms with E-state index in [9.17, 15) is 9.18 Å². The summed E-state index contributed by atoms with van der Waals surface area (Å²) in [4.78, 5) is 16.4. The van der Waals surface area contributed by atoms with Gasteiger partial charge in [0, 0.05) is 37.8 Å². The van der Waals surface area contributed by atoms with Crippen molar-refractivity contribution < 1.29 is 18.4 Å². The molecule has 0 radical (unpaired) electrons. The van der Waals surface area contributed by atoms with E-state index in [4.69, 9.17) is 9.26 Å². The zero-order valence-corrected chi connectivity index (χ0v) is 16.2. The highest BCUT2D eigenvalue weighted by molar-refractivity contribution is 5.94. The van der Waals surface area contributed by atoms with Crippen LogP contribution in [0.2, 0.25) is 0 Å². The third-order valence-corrected chi connectivity index (χ3v) is 5.09. The van der Waals surface area contributed by atoms with Crippen molar-refractivity contribution in [2.45, 2.75) is 6.54 Å². The normalized spacial score (nSPS) is 14.8. The van der Waals surface area contributed by atoms with E-state index >= 15 is 0 Å². The first-order chi connectivity index (χ1) is 14.1. The van der Waals surface area contributed by atoms with Gasteiger partial charge in [-0.2, -0.15) is 0 Å². The summed E-state index contributed by atoms with van der Waals surface area (Å²) in [6.45, 7) is 3.10. The Kier molecular flexibility index (Phi) is 5.57. The van der Waals surface area contributed by atoms with E-state index in [0.717, 1.165) is 22.8 Å². The first-order valence-electron chi connectivity index (χ1n) is 9.50. The Morgan fingerprint density at radius 3 is 2.52 bits per heavy atom. The number of halogens is 1. The largest absolute Gasteiger partial charge is 0.497 e. The zero-order chi connectivity index (χ0) is 20.2. The molecule has 1 aliphatic rings. The van der Waals surface area contributed by atoms with Crippen molar-refractivity contribution in [2.24, 2.45) is 0 Å². The fraction of sp³-hybridized carbons (Fsp3) is 0.273. The van der Waals surface area contributed by atoms with Gasteiger partial charge < -0.3 is 14.2 Å². The Morgan fingerprint density at radius 2 is 1.83 bits per heavy atom. The number of piperazine rings is 1. The summed E-state index contributed by atoms with van der Waals surface area (Å²) in [5.41, 5.74) is 1.86. The van der Waals surface area contributed by atoms with E-state index < -0.39 is 5.82 Å². The molecule has 0 N–H and O–H groups in total. The van der Waals surface area contributed by atoms with Crippen LogP contribution in [0.25, 0.3) is 11.3 Å². The standard InChI is InChI=1S/C22H22FN3O3/c1-28-17-8-6-16(7-9-17)21-14-18(29-24-21)15-25-10-12-26(13-11-25)22(27)19-4-2-3-5-20(19)23/h2-9,14H,10-13,15H2,1H3. The lowest BCUT2D eigenvalue weighted by molar-refractivity contribution is 0.0613. The van der Waals surface area contributed by atoms with Gasteiger partial charge in [-0.15, -0.1) is 0 Å². The highest BCUT2D eigenvalue weighted by atomic mass is 19.1. The molecular formula is C22H22FN3O3. The van der Waals surface area contributed by atoms with Crippen molar-refractivity contribution in [3.05, 3.63) is 71.7 Å². The molecule has 1 aliphatic heterocycles. The van der Waals surface area contributed by atoms with Crippen molar-refractivity contribution in [1.82, 2.24) is 15.0 Å². The topological polar surface area (TPSA) is 58.8 Å². The monoisotopic (exact) mass is 395 g/mol. The third kappa shape index (κ3) is 4.30. The second-order valence-corrected chi connectivity index (χ2v) is 6.96. The highest BCUT2D eigenvalue weighted by Gasteiger charge is 2.24. The molecule has 1 fully saturated rings. The van der Waals surface area contributed by atoms with Gasteiger partial charge in [0.15, 0.2) is 5.76 Å². The van der Waals surface area contributed by atoms with E-state index in [1.54, 1.807) is 24.1 Å². The van der Waals surface area contributed by atoms with E-state index in [0.29, 0.717) is 32.7 Å². The lowest BCUT2D eigenvalue weighted by Crippen LogP contribution is -2.48. The number of rotatable bonds is 5. The summed E-state index contributed by atoms with van der Waals surface area (Å²) in [5.74, 6) is 0.821. The van der Waals surface area contributed by atoms with Crippen LogP contribution in [0.4, 0.5) is 4.39 Å². The van der Waals surface area contributed by atoms with Crippen LogP contribution in [0.5, 0.6) is 5.75 Å². The zero-order valence-electron chi connectivity index (χ0n) is 16.2. The van der Waals surface area contributed by atoms with Gasteiger partial charge in [-0.05, 0) is 36.4 Å². The number of ether oxygens (including phenoxy) is 1. The Morgan fingerprint density at radius 1 is 1.10 bits per heavy atom. The summed E-state index contributed by atoms with van der Waals surface area (Å²) in [6, 6.07) is 15.7. The predicted molar refractivity (Wildman–Crippen MR) is 106 cm³/mol.